The third-order valence-electron chi connectivity index (χ3n) is 4.09. The van der Waals surface area contributed by atoms with Crippen molar-refractivity contribution in [3.63, 3.8) is 0 Å². The van der Waals surface area contributed by atoms with Crippen LogP contribution in [0.1, 0.15) is 11.4 Å². The molecule has 0 radical (unpaired) electrons. The molecule has 0 aliphatic carbocycles. The lowest BCUT2D eigenvalue weighted by Crippen LogP contribution is -2.10. The Balaban J connectivity index is 1.62. The van der Waals surface area contributed by atoms with Crippen molar-refractivity contribution in [2.45, 2.75) is 13.5 Å². The first-order valence-corrected chi connectivity index (χ1v) is 8.70. The summed E-state index contributed by atoms with van der Waals surface area (Å²) in [5, 5.41) is 19.9. The van der Waals surface area contributed by atoms with Crippen molar-refractivity contribution in [3.8, 4) is 22.8 Å². The van der Waals surface area contributed by atoms with Gasteiger partial charge in [-0.3, -0.25) is 9.67 Å². The van der Waals surface area contributed by atoms with Gasteiger partial charge in [0.15, 0.2) is 10.6 Å². The van der Waals surface area contributed by atoms with Crippen LogP contribution in [0.5, 0.6) is 5.75 Å². The number of hydrogen-bond acceptors (Lipinski definition) is 6. The predicted molar refractivity (Wildman–Crippen MR) is 102 cm³/mol. The lowest BCUT2D eigenvalue weighted by atomic mass is 10.2. The molecule has 0 atom stereocenters. The first-order chi connectivity index (χ1) is 13.1. The number of H-pyrrole nitrogens is 1. The summed E-state index contributed by atoms with van der Waals surface area (Å²) in [7, 11) is 1.63. The predicted octanol–water partition coefficient (Wildman–Crippen LogP) is 2.95. The van der Waals surface area contributed by atoms with E-state index < -0.39 is 0 Å². The molecule has 4 rings (SSSR count). The number of aryl methyl sites for hydroxylation is 1. The molecule has 0 unspecified atom stereocenters. The molecule has 0 bridgehead atoms. The number of nitrogens with one attached hydrogen (secondary N) is 1. The van der Waals surface area contributed by atoms with Crippen molar-refractivity contribution in [2.75, 3.05) is 7.11 Å². The lowest BCUT2D eigenvalue weighted by Gasteiger charge is -2.07. The normalized spacial score (nSPS) is 10.9. The number of methoxy groups -OCH3 is 1. The molecule has 0 saturated heterocycles. The second-order valence-corrected chi connectivity index (χ2v) is 6.38. The highest BCUT2D eigenvalue weighted by Crippen LogP contribution is 2.18. The Labute approximate surface area is 160 Å². The Bertz CT molecular complexity index is 1130. The Hall–Kier alpha value is -3.33. The van der Waals surface area contributed by atoms with Gasteiger partial charge in [-0.2, -0.15) is 9.90 Å². The Morgan fingerprint density at radius 2 is 1.96 bits per heavy atom. The minimum atomic E-state index is 0.338. The van der Waals surface area contributed by atoms with Crippen LogP contribution in [0.2, 0.25) is 0 Å². The molecule has 1 N–H and O–H groups in total. The van der Waals surface area contributed by atoms with E-state index in [-0.39, 0.29) is 0 Å². The summed E-state index contributed by atoms with van der Waals surface area (Å²) in [5.74, 6) is 2.01. The Kier molecular flexibility index (Phi) is 4.51. The maximum Gasteiger partial charge on any atom is 0.204 e. The molecule has 8 nitrogen and oxygen atoms in total. The monoisotopic (exact) mass is 379 g/mol. The van der Waals surface area contributed by atoms with Gasteiger partial charge in [-0.15, -0.1) is 10.2 Å². The minimum Gasteiger partial charge on any atom is -0.497 e. The molecule has 2 aromatic heterocycles. The van der Waals surface area contributed by atoms with Gasteiger partial charge in [0.2, 0.25) is 5.82 Å². The van der Waals surface area contributed by atoms with E-state index in [1.165, 1.54) is 4.80 Å². The largest absolute Gasteiger partial charge is 0.497 e. The van der Waals surface area contributed by atoms with E-state index in [0.717, 1.165) is 22.6 Å². The van der Waals surface area contributed by atoms with Gasteiger partial charge in [0, 0.05) is 11.3 Å². The second kappa shape index (κ2) is 7.12. The molecule has 2 aromatic carbocycles. The fourth-order valence-electron chi connectivity index (χ4n) is 2.76. The summed E-state index contributed by atoms with van der Waals surface area (Å²) in [5.41, 5.74) is 2.95. The zero-order valence-electron chi connectivity index (χ0n) is 14.8. The third kappa shape index (κ3) is 3.49. The van der Waals surface area contributed by atoms with Crippen LogP contribution in [-0.4, -0.2) is 42.1 Å². The fourth-order valence-corrected chi connectivity index (χ4v) is 3.02. The standard InChI is InChI=1S/C18H17N7OS/c1-12-4-3-5-14(10-12)25-16(19-21-18(25)27)11-24-22-17(20-23-24)13-6-8-15(26-2)9-7-13/h3-10H,11H2,1-2H3,(H,21,27). The van der Waals surface area contributed by atoms with Gasteiger partial charge in [-0.1, -0.05) is 12.1 Å². The van der Waals surface area contributed by atoms with Gasteiger partial charge in [-0.25, -0.2) is 0 Å². The van der Waals surface area contributed by atoms with Crippen molar-refractivity contribution in [1.29, 1.82) is 0 Å². The molecule has 0 aliphatic rings. The van der Waals surface area contributed by atoms with Crippen LogP contribution in [0.4, 0.5) is 0 Å². The maximum atomic E-state index is 5.39. The first-order valence-electron chi connectivity index (χ1n) is 8.29. The van der Waals surface area contributed by atoms with Crippen molar-refractivity contribution >= 4 is 12.2 Å². The SMILES string of the molecule is COc1ccc(-c2nnn(Cc3n[nH]c(=S)n3-c3cccc(C)c3)n2)cc1. The van der Waals surface area contributed by atoms with E-state index in [2.05, 4.69) is 25.6 Å². The molecule has 0 saturated carbocycles. The lowest BCUT2D eigenvalue weighted by molar-refractivity contribution is 0.415. The van der Waals surface area contributed by atoms with Gasteiger partial charge in [0.1, 0.15) is 12.3 Å². The summed E-state index contributed by atoms with van der Waals surface area (Å²) < 4.78 is 7.56. The summed E-state index contributed by atoms with van der Waals surface area (Å²) >= 11 is 5.39. The Morgan fingerprint density at radius 3 is 2.70 bits per heavy atom. The number of tetrazole rings is 1. The van der Waals surface area contributed by atoms with Crippen LogP contribution in [-0.2, 0) is 6.54 Å². The number of nitrogens with zero attached hydrogens (tertiary/aromatic N) is 6. The fraction of sp³-hybridized carbons (Fsp3) is 0.167. The summed E-state index contributed by atoms with van der Waals surface area (Å²) in [6.45, 7) is 2.37. The van der Waals surface area contributed by atoms with Crippen LogP contribution < -0.4 is 4.74 Å². The molecule has 27 heavy (non-hydrogen) atoms. The molecule has 2 heterocycles. The van der Waals surface area contributed by atoms with Gasteiger partial charge >= 0.3 is 0 Å². The summed E-state index contributed by atoms with van der Waals surface area (Å²) in [4.78, 5) is 1.50. The second-order valence-electron chi connectivity index (χ2n) is 5.99. The average Bonchev–Trinajstić information content (AvgIpc) is 3.29. The van der Waals surface area contributed by atoms with E-state index in [4.69, 9.17) is 17.0 Å². The molecule has 0 aliphatic heterocycles. The van der Waals surface area contributed by atoms with Crippen LogP contribution in [0.15, 0.2) is 48.5 Å². The number of ether oxygens (including phenoxy) is 1. The Morgan fingerprint density at radius 1 is 1.15 bits per heavy atom. The number of aromatic amines is 1. The van der Waals surface area contributed by atoms with E-state index >= 15 is 0 Å². The average molecular weight is 379 g/mol. The number of rotatable bonds is 5. The van der Waals surface area contributed by atoms with Gasteiger partial charge in [0.25, 0.3) is 0 Å². The van der Waals surface area contributed by atoms with Crippen molar-refractivity contribution < 1.29 is 4.74 Å². The zero-order chi connectivity index (χ0) is 18.8. The topological polar surface area (TPSA) is 86.4 Å². The highest BCUT2D eigenvalue weighted by atomic mass is 32.1. The maximum absolute atomic E-state index is 5.39. The smallest absolute Gasteiger partial charge is 0.204 e. The number of benzene rings is 2. The molecule has 9 heteroatoms. The molecular formula is C18H17N7OS. The molecule has 0 amide bonds. The van der Waals surface area contributed by atoms with Crippen molar-refractivity contribution in [2.24, 2.45) is 0 Å². The molecule has 4 aromatic rings. The molecule has 0 fully saturated rings. The van der Waals surface area contributed by atoms with Crippen LogP contribution in [0.3, 0.4) is 0 Å². The van der Waals surface area contributed by atoms with E-state index in [1.807, 2.05) is 60.0 Å². The van der Waals surface area contributed by atoms with Gasteiger partial charge < -0.3 is 4.74 Å². The van der Waals surface area contributed by atoms with Crippen molar-refractivity contribution in [1.82, 2.24) is 35.0 Å². The molecule has 136 valence electrons. The van der Waals surface area contributed by atoms with Crippen LogP contribution >= 0.6 is 12.2 Å². The first kappa shape index (κ1) is 17.1. The number of hydrogen-bond donors (Lipinski definition) is 1. The van der Waals surface area contributed by atoms with Crippen molar-refractivity contribution in [3.05, 3.63) is 64.7 Å². The highest BCUT2D eigenvalue weighted by molar-refractivity contribution is 7.71. The van der Waals surface area contributed by atoms with Crippen LogP contribution in [0.25, 0.3) is 17.1 Å². The quantitative estimate of drug-likeness (QED) is 0.537. The van der Waals surface area contributed by atoms with Gasteiger partial charge in [-0.05, 0) is 66.3 Å². The van der Waals surface area contributed by atoms with Gasteiger partial charge in [0.05, 0.1) is 7.11 Å². The van der Waals surface area contributed by atoms with E-state index in [0.29, 0.717) is 23.0 Å². The minimum absolute atomic E-state index is 0.338. The number of aromatic nitrogens is 7. The zero-order valence-corrected chi connectivity index (χ0v) is 15.6. The summed E-state index contributed by atoms with van der Waals surface area (Å²) in [6.07, 6.45) is 0. The van der Waals surface area contributed by atoms with E-state index in [9.17, 15) is 0 Å². The van der Waals surface area contributed by atoms with E-state index in [1.54, 1.807) is 7.11 Å². The van der Waals surface area contributed by atoms with Crippen LogP contribution in [0, 0.1) is 11.7 Å². The molecule has 0 spiro atoms. The summed E-state index contributed by atoms with van der Waals surface area (Å²) in [6, 6.07) is 15.6. The highest BCUT2D eigenvalue weighted by Gasteiger charge is 2.12. The third-order valence-corrected chi connectivity index (χ3v) is 4.36. The molecular weight excluding hydrogens is 362 g/mol.